The van der Waals surface area contributed by atoms with E-state index in [1.807, 2.05) is 18.2 Å². The predicted molar refractivity (Wildman–Crippen MR) is 92.7 cm³/mol. The third-order valence-corrected chi connectivity index (χ3v) is 3.83. The maximum Gasteiger partial charge on any atom is 0.0327 e. The van der Waals surface area contributed by atoms with Crippen molar-refractivity contribution in [1.82, 2.24) is 0 Å². The van der Waals surface area contributed by atoms with Crippen LogP contribution in [0, 0.1) is 17.9 Å². The van der Waals surface area contributed by atoms with Crippen molar-refractivity contribution < 1.29 is 0 Å². The van der Waals surface area contributed by atoms with Gasteiger partial charge < -0.3 is 0 Å². The maximum atomic E-state index is 3.33. The number of hydrogen-bond donors (Lipinski definition) is 0. The largest absolute Gasteiger partial charge is 0.0616 e. The van der Waals surface area contributed by atoms with Crippen LogP contribution < -0.4 is 0 Å². The topological polar surface area (TPSA) is 0 Å². The van der Waals surface area contributed by atoms with E-state index < -0.39 is 0 Å². The molecule has 22 heavy (non-hydrogen) atoms. The third kappa shape index (κ3) is 2.24. The van der Waals surface area contributed by atoms with Crippen LogP contribution in [0.1, 0.15) is 11.1 Å². The molecule has 0 unspecified atom stereocenters. The first-order valence-electron chi connectivity index (χ1n) is 7.31. The molecule has 0 nitrogen and oxygen atoms in total. The Hall–Kier alpha value is -3.04. The minimum atomic E-state index is 1.04. The number of fused-ring (bicyclic) bond motifs is 2. The molecule has 0 aromatic heterocycles. The molecule has 4 aromatic carbocycles. The monoisotopic (exact) mass is 277 g/mol. The molecule has 4 aromatic rings. The van der Waals surface area contributed by atoms with E-state index in [0.717, 1.165) is 21.9 Å². The van der Waals surface area contributed by atoms with Crippen LogP contribution in [-0.4, -0.2) is 0 Å². The van der Waals surface area contributed by atoms with Gasteiger partial charge in [-0.3, -0.25) is 0 Å². The van der Waals surface area contributed by atoms with E-state index in [4.69, 9.17) is 0 Å². The molecule has 0 bridgehead atoms. The fourth-order valence-corrected chi connectivity index (χ4v) is 2.73. The lowest BCUT2D eigenvalue weighted by Gasteiger charge is -2.01. The molecule has 0 fully saturated rings. The molecule has 0 aliphatic carbocycles. The highest BCUT2D eigenvalue weighted by Gasteiger charge is 1.98. The molecule has 0 N–H and O–H groups in total. The summed E-state index contributed by atoms with van der Waals surface area (Å²) in [6.07, 6.45) is 0. The van der Waals surface area contributed by atoms with E-state index >= 15 is 0 Å². The van der Waals surface area contributed by atoms with Crippen LogP contribution in [0.3, 0.4) is 0 Å². The van der Waals surface area contributed by atoms with Crippen molar-refractivity contribution in [2.45, 2.75) is 0 Å². The van der Waals surface area contributed by atoms with Crippen molar-refractivity contribution >= 4 is 21.5 Å². The molecule has 4 rings (SSSR count). The van der Waals surface area contributed by atoms with Crippen LogP contribution in [0.2, 0.25) is 0 Å². The van der Waals surface area contributed by atoms with Crippen LogP contribution in [0.25, 0.3) is 21.5 Å². The zero-order chi connectivity index (χ0) is 14.8. The summed E-state index contributed by atoms with van der Waals surface area (Å²) in [5.74, 6) is 6.66. The Morgan fingerprint density at radius 1 is 0.591 bits per heavy atom. The number of hydrogen-bond acceptors (Lipinski definition) is 0. The van der Waals surface area contributed by atoms with Gasteiger partial charge in [-0.15, -0.1) is 0 Å². The van der Waals surface area contributed by atoms with Crippen LogP contribution in [0.15, 0.2) is 78.9 Å². The molecule has 0 atom stereocenters. The Morgan fingerprint density at radius 2 is 1.27 bits per heavy atom. The van der Waals surface area contributed by atoms with Crippen molar-refractivity contribution in [3.8, 4) is 11.8 Å². The summed E-state index contributed by atoms with van der Waals surface area (Å²) in [5, 5.41) is 4.68. The van der Waals surface area contributed by atoms with Gasteiger partial charge in [-0.2, -0.15) is 0 Å². The van der Waals surface area contributed by atoms with Crippen molar-refractivity contribution in [1.29, 1.82) is 0 Å². The third-order valence-electron chi connectivity index (χ3n) is 3.83. The molecule has 0 saturated carbocycles. The molecule has 0 spiro atoms. The number of rotatable bonds is 0. The van der Waals surface area contributed by atoms with Gasteiger partial charge >= 0.3 is 0 Å². The Morgan fingerprint density at radius 3 is 2.18 bits per heavy atom. The SMILES string of the molecule is C(#Cc1cccc2ccccc12)c1cccc2[c]cccc12. The molecule has 0 aliphatic rings. The second-order valence-electron chi connectivity index (χ2n) is 5.21. The van der Waals surface area contributed by atoms with E-state index in [0.29, 0.717) is 0 Å². The molecular formula is C22H13. The Labute approximate surface area is 130 Å². The molecule has 0 heteroatoms. The molecule has 0 heterocycles. The average molecular weight is 277 g/mol. The lowest BCUT2D eigenvalue weighted by Crippen LogP contribution is -1.81. The highest BCUT2D eigenvalue weighted by molar-refractivity contribution is 5.90. The van der Waals surface area contributed by atoms with Gasteiger partial charge in [-0.05, 0) is 39.7 Å². The van der Waals surface area contributed by atoms with E-state index in [-0.39, 0.29) is 0 Å². The van der Waals surface area contributed by atoms with E-state index in [9.17, 15) is 0 Å². The maximum absolute atomic E-state index is 3.33. The molecular weight excluding hydrogens is 264 g/mol. The molecule has 0 aliphatic heterocycles. The standard InChI is InChI=1S/C22H13/c1-3-13-21-17(7-1)9-5-11-19(21)15-16-20-12-6-10-18-8-2-4-14-22(18)20/h1-7,9-14H. The quantitative estimate of drug-likeness (QED) is 0.388. The highest BCUT2D eigenvalue weighted by atomic mass is 14.0. The van der Waals surface area contributed by atoms with Crippen molar-refractivity contribution in [2.24, 2.45) is 0 Å². The fraction of sp³-hybridized carbons (Fsp3) is 0. The highest BCUT2D eigenvalue weighted by Crippen LogP contribution is 2.19. The van der Waals surface area contributed by atoms with Gasteiger partial charge in [0.1, 0.15) is 0 Å². The summed E-state index contributed by atoms with van der Waals surface area (Å²) >= 11 is 0. The molecule has 101 valence electrons. The van der Waals surface area contributed by atoms with E-state index in [1.165, 1.54) is 10.8 Å². The smallest absolute Gasteiger partial charge is 0.0327 e. The molecule has 0 amide bonds. The van der Waals surface area contributed by atoms with Crippen LogP contribution in [-0.2, 0) is 0 Å². The van der Waals surface area contributed by atoms with Crippen LogP contribution in [0.5, 0.6) is 0 Å². The van der Waals surface area contributed by atoms with Crippen molar-refractivity contribution in [3.05, 3.63) is 96.1 Å². The molecule has 0 saturated heterocycles. The minimum Gasteiger partial charge on any atom is -0.0616 e. The van der Waals surface area contributed by atoms with Gasteiger partial charge in [-0.1, -0.05) is 78.6 Å². The lowest BCUT2D eigenvalue weighted by molar-refractivity contribution is 1.68. The lowest BCUT2D eigenvalue weighted by atomic mass is 10.0. The summed E-state index contributed by atoms with van der Waals surface area (Å²) < 4.78 is 0. The average Bonchev–Trinajstić information content (AvgIpc) is 2.60. The van der Waals surface area contributed by atoms with Gasteiger partial charge in [0.25, 0.3) is 0 Å². The van der Waals surface area contributed by atoms with Gasteiger partial charge in [0.2, 0.25) is 0 Å². The Balaban J connectivity index is 1.88. The fourth-order valence-electron chi connectivity index (χ4n) is 2.73. The first-order chi connectivity index (χ1) is 10.9. The summed E-state index contributed by atoms with van der Waals surface area (Å²) in [4.78, 5) is 0. The summed E-state index contributed by atoms with van der Waals surface area (Å²) in [6.45, 7) is 0. The normalized spacial score (nSPS) is 10.4. The van der Waals surface area contributed by atoms with Gasteiger partial charge in [0.15, 0.2) is 0 Å². The molecule has 1 radical (unpaired) electrons. The van der Waals surface area contributed by atoms with E-state index in [2.05, 4.69) is 78.6 Å². The van der Waals surface area contributed by atoms with E-state index in [1.54, 1.807) is 0 Å². The zero-order valence-corrected chi connectivity index (χ0v) is 12.0. The second kappa shape index (κ2) is 5.39. The Bertz CT molecular complexity index is 936. The minimum absolute atomic E-state index is 1.04. The van der Waals surface area contributed by atoms with Gasteiger partial charge in [0.05, 0.1) is 0 Å². The summed E-state index contributed by atoms with van der Waals surface area (Å²) in [5.41, 5.74) is 2.11. The van der Waals surface area contributed by atoms with Crippen molar-refractivity contribution in [3.63, 3.8) is 0 Å². The summed E-state index contributed by atoms with van der Waals surface area (Å²) in [7, 11) is 0. The summed E-state index contributed by atoms with van der Waals surface area (Å²) in [6, 6.07) is 30.1. The van der Waals surface area contributed by atoms with Crippen LogP contribution in [0.4, 0.5) is 0 Å². The van der Waals surface area contributed by atoms with Crippen molar-refractivity contribution in [2.75, 3.05) is 0 Å². The first-order valence-corrected chi connectivity index (χ1v) is 7.31. The Kier molecular flexibility index (Phi) is 3.11. The van der Waals surface area contributed by atoms with Crippen LogP contribution >= 0.6 is 0 Å². The second-order valence-corrected chi connectivity index (χ2v) is 5.21. The first kappa shape index (κ1) is 12.7. The predicted octanol–water partition coefficient (Wildman–Crippen LogP) is 5.19. The van der Waals surface area contributed by atoms with Gasteiger partial charge in [-0.25, -0.2) is 0 Å². The zero-order valence-electron chi connectivity index (χ0n) is 12.0. The van der Waals surface area contributed by atoms with Gasteiger partial charge in [0, 0.05) is 11.1 Å². The number of benzene rings is 4.